The van der Waals surface area contributed by atoms with E-state index >= 15 is 0 Å². The number of hydrogen-bond donors (Lipinski definition) is 0. The fourth-order valence-electron chi connectivity index (χ4n) is 9.26. The Bertz CT molecular complexity index is 1930. The van der Waals surface area contributed by atoms with E-state index in [1.54, 1.807) is 0 Å². The molecule has 0 radical (unpaired) electrons. The Morgan fingerprint density at radius 2 is 0.371 bits per heavy atom. The van der Waals surface area contributed by atoms with Crippen molar-refractivity contribution in [1.29, 1.82) is 0 Å². The minimum atomic E-state index is -0.164. The van der Waals surface area contributed by atoms with Crippen molar-refractivity contribution < 1.29 is 47.4 Å². The Hall–Kier alpha value is -4.16. The molecule has 4 aromatic rings. The number of ether oxygens (including phenoxy) is 10. The number of benzene rings is 4. The fourth-order valence-corrected chi connectivity index (χ4v) is 9.26. The molecule has 0 saturated carbocycles. The molecule has 0 atom stereocenters. The second-order valence-electron chi connectivity index (χ2n) is 23.3. The third-order valence-corrected chi connectivity index (χ3v) is 13.3. The summed E-state index contributed by atoms with van der Waals surface area (Å²) in [6.07, 6.45) is 2.29. The average Bonchev–Trinajstić information content (AvgIpc) is 3.26. The van der Waals surface area contributed by atoms with E-state index in [1.165, 1.54) is 22.3 Å². The molecule has 12 bridgehead atoms. The van der Waals surface area contributed by atoms with Gasteiger partial charge >= 0.3 is 0 Å². The van der Waals surface area contributed by atoms with Crippen LogP contribution in [0.2, 0.25) is 0 Å². The van der Waals surface area contributed by atoms with Gasteiger partial charge in [0.2, 0.25) is 0 Å². The molecular weight excluding hydrogens is 881 g/mol. The summed E-state index contributed by atoms with van der Waals surface area (Å²) < 4.78 is 64.6. The predicted molar refractivity (Wildman–Crippen MR) is 279 cm³/mol. The van der Waals surface area contributed by atoms with Gasteiger partial charge in [-0.1, -0.05) is 132 Å². The number of hydrogen-bond acceptors (Lipinski definition) is 10. The molecule has 0 aromatic heterocycles. The van der Waals surface area contributed by atoms with Crippen LogP contribution in [0.15, 0.2) is 48.5 Å². The van der Waals surface area contributed by atoms with Gasteiger partial charge in [-0.15, -0.1) is 0 Å². The van der Waals surface area contributed by atoms with E-state index < -0.39 is 0 Å². The van der Waals surface area contributed by atoms with Crippen LogP contribution in [0, 0.1) is 0 Å². The van der Waals surface area contributed by atoms with Crippen molar-refractivity contribution in [3.8, 4) is 23.0 Å². The van der Waals surface area contributed by atoms with Crippen molar-refractivity contribution in [2.24, 2.45) is 0 Å². The molecule has 0 N–H and O–H groups in total. The van der Waals surface area contributed by atoms with Gasteiger partial charge < -0.3 is 47.4 Å². The summed E-state index contributed by atoms with van der Waals surface area (Å²) in [6.45, 7) is 34.4. The van der Waals surface area contributed by atoms with Crippen LogP contribution in [0.1, 0.15) is 150 Å². The van der Waals surface area contributed by atoms with Crippen molar-refractivity contribution >= 4 is 0 Å². The normalized spacial score (nSPS) is 18.1. The summed E-state index contributed by atoms with van der Waals surface area (Å²) in [5.74, 6) is 3.47. The Labute approximate surface area is 420 Å². The van der Waals surface area contributed by atoms with Gasteiger partial charge in [0, 0.05) is 25.7 Å². The van der Waals surface area contributed by atoms with E-state index in [-0.39, 0.29) is 21.7 Å². The highest BCUT2D eigenvalue weighted by molar-refractivity contribution is 5.60. The van der Waals surface area contributed by atoms with Gasteiger partial charge in [0.25, 0.3) is 0 Å². The predicted octanol–water partition coefficient (Wildman–Crippen LogP) is 11.2. The molecule has 0 saturated heterocycles. The maximum atomic E-state index is 7.07. The minimum Gasteiger partial charge on any atom is -0.491 e. The first-order valence-corrected chi connectivity index (χ1v) is 25.9. The lowest BCUT2D eigenvalue weighted by atomic mass is 9.79. The molecule has 10 nitrogen and oxygen atoms in total. The third-order valence-electron chi connectivity index (χ3n) is 13.3. The molecule has 2 aliphatic heterocycles. The third kappa shape index (κ3) is 14.5. The van der Waals surface area contributed by atoms with Gasteiger partial charge in [0.05, 0.1) is 79.3 Å². The molecule has 10 heteroatoms. The lowest BCUT2D eigenvalue weighted by Crippen LogP contribution is -2.20. The molecule has 70 heavy (non-hydrogen) atoms. The van der Waals surface area contributed by atoms with Crippen molar-refractivity contribution in [3.63, 3.8) is 0 Å². The summed E-state index contributed by atoms with van der Waals surface area (Å²) in [7, 11) is 0. The van der Waals surface area contributed by atoms with E-state index in [4.69, 9.17) is 47.4 Å². The number of rotatable bonds is 0. The zero-order valence-electron chi connectivity index (χ0n) is 44.8. The molecular formula is C60H84O10. The van der Waals surface area contributed by atoms with Gasteiger partial charge in [0.15, 0.2) is 0 Å². The van der Waals surface area contributed by atoms with E-state index in [1.807, 2.05) is 0 Å². The maximum Gasteiger partial charge on any atom is 0.126 e. The van der Waals surface area contributed by atoms with Crippen molar-refractivity contribution in [2.75, 3.05) is 106 Å². The molecule has 3 aliphatic rings. The van der Waals surface area contributed by atoms with E-state index in [2.05, 4.69) is 132 Å². The quantitative estimate of drug-likeness (QED) is 0.149. The van der Waals surface area contributed by atoms with E-state index in [0.717, 1.165) is 67.5 Å². The van der Waals surface area contributed by atoms with Gasteiger partial charge in [-0.3, -0.25) is 0 Å². The lowest BCUT2D eigenvalue weighted by Gasteiger charge is -2.29. The van der Waals surface area contributed by atoms with Crippen LogP contribution < -0.4 is 18.9 Å². The summed E-state index contributed by atoms with van der Waals surface area (Å²) in [4.78, 5) is 0. The molecule has 1 aliphatic carbocycles. The molecule has 4 aromatic carbocycles. The lowest BCUT2D eigenvalue weighted by molar-refractivity contribution is 0.00463. The van der Waals surface area contributed by atoms with Gasteiger partial charge in [-0.2, -0.15) is 0 Å². The second kappa shape index (κ2) is 23.6. The van der Waals surface area contributed by atoms with Crippen LogP contribution >= 0.6 is 0 Å². The molecule has 7 rings (SSSR count). The van der Waals surface area contributed by atoms with Crippen LogP contribution in [-0.4, -0.2) is 106 Å². The molecule has 0 fully saturated rings. The Morgan fingerprint density at radius 1 is 0.229 bits per heavy atom. The first kappa shape index (κ1) is 53.6. The van der Waals surface area contributed by atoms with Crippen LogP contribution in [0.5, 0.6) is 23.0 Å². The zero-order valence-corrected chi connectivity index (χ0v) is 44.8. The van der Waals surface area contributed by atoms with Crippen LogP contribution in [0.4, 0.5) is 0 Å². The van der Waals surface area contributed by atoms with Crippen LogP contribution in [0.3, 0.4) is 0 Å². The molecule has 384 valence electrons. The Morgan fingerprint density at radius 3 is 0.514 bits per heavy atom. The average molecular weight is 965 g/mol. The summed E-state index contributed by atoms with van der Waals surface area (Å²) in [5, 5.41) is 0. The largest absolute Gasteiger partial charge is 0.491 e. The minimum absolute atomic E-state index is 0.164. The molecule has 0 unspecified atom stereocenters. The van der Waals surface area contributed by atoms with Crippen molar-refractivity contribution in [1.82, 2.24) is 0 Å². The Kier molecular flexibility index (Phi) is 18.1. The zero-order chi connectivity index (χ0) is 50.1. The first-order chi connectivity index (χ1) is 33.3. The first-order valence-electron chi connectivity index (χ1n) is 25.9. The van der Waals surface area contributed by atoms with Crippen LogP contribution in [0.25, 0.3) is 0 Å². The van der Waals surface area contributed by atoms with Gasteiger partial charge in [-0.05, 0) is 88.4 Å². The van der Waals surface area contributed by atoms with Crippen LogP contribution in [-0.2, 0) is 75.8 Å². The molecule has 0 spiro atoms. The SMILES string of the molecule is CC(C)(C)c1cc2c3c(c1)Cc1cc(C(C)(C)C)cc4c1OCCOCCOCCOCCOc1c(cc(C(C)(C)C)cc1Cc1cc(C(C)(C)C)cc(c1OCCOCCOCCOCCO3)C4)C2. The molecule has 0 amide bonds. The highest BCUT2D eigenvalue weighted by Gasteiger charge is 2.30. The fraction of sp³-hybridized carbons (Fsp3) is 0.600. The summed E-state index contributed by atoms with van der Waals surface area (Å²) in [5.41, 5.74) is 13.1. The van der Waals surface area contributed by atoms with E-state index in [9.17, 15) is 0 Å². The maximum absolute atomic E-state index is 7.07. The summed E-state index contributed by atoms with van der Waals surface area (Å²) in [6, 6.07) is 18.9. The van der Waals surface area contributed by atoms with Crippen molar-refractivity contribution in [2.45, 2.75) is 130 Å². The summed E-state index contributed by atoms with van der Waals surface area (Å²) >= 11 is 0. The Balaban J connectivity index is 1.61. The highest BCUT2D eigenvalue weighted by Crippen LogP contribution is 2.44. The molecule has 2 heterocycles. The van der Waals surface area contributed by atoms with E-state index in [0.29, 0.717) is 131 Å². The van der Waals surface area contributed by atoms with Gasteiger partial charge in [-0.25, -0.2) is 0 Å². The highest BCUT2D eigenvalue weighted by atomic mass is 16.6. The van der Waals surface area contributed by atoms with Crippen molar-refractivity contribution in [3.05, 3.63) is 115 Å². The van der Waals surface area contributed by atoms with Gasteiger partial charge in [0.1, 0.15) is 49.4 Å². The topological polar surface area (TPSA) is 92.3 Å². The standard InChI is InChI=1S/C60H84O10/c1-57(2,3)49-33-41-29-43-35-50(58(4,5)6)37-45-31-47-39-52(60(10,11)12)40-48-32-46-38-51(59(7,8)9)36-44(55(46)69-27-23-65-19-15-62-14-18-64-22-26-68-54(43)45)30-42(34-49)53(41)67-25-21-63-17-13-61-16-20-66-24-28-70-56(47)48/h33-40H,13-32H2,1-12H3. The smallest absolute Gasteiger partial charge is 0.126 e. The second-order valence-corrected chi connectivity index (χ2v) is 23.3. The monoisotopic (exact) mass is 965 g/mol.